The molecule has 0 aliphatic carbocycles. The molecule has 0 atom stereocenters. The Labute approximate surface area is 52.9 Å². The van der Waals surface area contributed by atoms with Gasteiger partial charge in [-0.1, -0.05) is 0 Å². The molecule has 1 aliphatic rings. The van der Waals surface area contributed by atoms with Crippen molar-refractivity contribution in [3.05, 3.63) is 0 Å². The van der Waals surface area contributed by atoms with E-state index < -0.39 is 0 Å². The van der Waals surface area contributed by atoms with Crippen LogP contribution in [0, 0.1) is 0 Å². The molecule has 1 fully saturated rings. The van der Waals surface area contributed by atoms with Crippen molar-refractivity contribution in [3.63, 3.8) is 0 Å². The first-order chi connectivity index (χ1) is 4.29. The average Bonchev–Trinajstić information content (AvgIpc) is 2.20. The molecular formula is C5H9NO3. The van der Waals surface area contributed by atoms with Gasteiger partial charge in [0.1, 0.15) is 0 Å². The first-order valence-corrected chi connectivity index (χ1v) is 2.56. The SMILES string of the molecule is CO.O=C1CCC(=O)N1. The zero-order valence-electron chi connectivity index (χ0n) is 5.18. The van der Waals surface area contributed by atoms with Crippen LogP contribution in [0.3, 0.4) is 0 Å². The number of aliphatic hydroxyl groups excluding tert-OH is 1. The van der Waals surface area contributed by atoms with E-state index in [-0.39, 0.29) is 11.8 Å². The fourth-order valence-corrected chi connectivity index (χ4v) is 0.508. The molecule has 4 heteroatoms. The van der Waals surface area contributed by atoms with Crippen molar-refractivity contribution in [1.82, 2.24) is 5.32 Å². The van der Waals surface area contributed by atoms with E-state index in [4.69, 9.17) is 5.11 Å². The Morgan fingerprint density at radius 1 is 1.22 bits per heavy atom. The third-order valence-corrected chi connectivity index (χ3v) is 0.858. The Bertz CT molecular complexity index is 107. The van der Waals surface area contributed by atoms with E-state index in [0.29, 0.717) is 12.8 Å². The molecule has 0 radical (unpaired) electrons. The van der Waals surface area contributed by atoms with Crippen LogP contribution >= 0.6 is 0 Å². The van der Waals surface area contributed by atoms with Crippen molar-refractivity contribution in [2.24, 2.45) is 0 Å². The lowest BCUT2D eigenvalue weighted by molar-refractivity contribution is -0.124. The Hall–Kier alpha value is -0.900. The van der Waals surface area contributed by atoms with Crippen LogP contribution in [0.15, 0.2) is 0 Å². The van der Waals surface area contributed by atoms with Gasteiger partial charge in [-0.25, -0.2) is 0 Å². The standard InChI is InChI=1S/C4H5NO2.CH4O/c6-3-1-2-4(7)5-3;1-2/h1-2H2,(H,5,6,7);2H,1H3. The Balaban J connectivity index is 0.000000291. The van der Waals surface area contributed by atoms with Gasteiger partial charge in [0.05, 0.1) is 0 Å². The summed E-state index contributed by atoms with van der Waals surface area (Å²) >= 11 is 0. The van der Waals surface area contributed by atoms with Crippen LogP contribution in [-0.2, 0) is 9.59 Å². The van der Waals surface area contributed by atoms with Crippen LogP contribution < -0.4 is 5.32 Å². The van der Waals surface area contributed by atoms with Gasteiger partial charge in [0.25, 0.3) is 0 Å². The van der Waals surface area contributed by atoms with Crippen molar-refractivity contribution < 1.29 is 14.7 Å². The van der Waals surface area contributed by atoms with Crippen LogP contribution in [0.5, 0.6) is 0 Å². The van der Waals surface area contributed by atoms with Crippen LogP contribution in [0.4, 0.5) is 0 Å². The minimum Gasteiger partial charge on any atom is -0.400 e. The molecule has 52 valence electrons. The van der Waals surface area contributed by atoms with E-state index in [0.717, 1.165) is 7.11 Å². The number of amides is 2. The summed E-state index contributed by atoms with van der Waals surface area (Å²) < 4.78 is 0. The molecular weight excluding hydrogens is 122 g/mol. The van der Waals surface area contributed by atoms with Crippen LogP contribution in [0.25, 0.3) is 0 Å². The van der Waals surface area contributed by atoms with Crippen LogP contribution in [0.2, 0.25) is 0 Å². The first-order valence-electron chi connectivity index (χ1n) is 2.56. The zero-order valence-corrected chi connectivity index (χ0v) is 5.18. The van der Waals surface area contributed by atoms with Gasteiger partial charge in [0, 0.05) is 20.0 Å². The normalized spacial score (nSPS) is 16.2. The summed E-state index contributed by atoms with van der Waals surface area (Å²) in [4.78, 5) is 20.2. The van der Waals surface area contributed by atoms with Gasteiger partial charge in [-0.15, -0.1) is 0 Å². The van der Waals surface area contributed by atoms with Gasteiger partial charge in [-0.05, 0) is 0 Å². The molecule has 2 amide bonds. The maximum Gasteiger partial charge on any atom is 0.227 e. The molecule has 0 unspecified atom stereocenters. The van der Waals surface area contributed by atoms with E-state index in [1.807, 2.05) is 0 Å². The quantitative estimate of drug-likeness (QED) is 0.416. The van der Waals surface area contributed by atoms with Crippen molar-refractivity contribution in [1.29, 1.82) is 0 Å². The summed E-state index contributed by atoms with van der Waals surface area (Å²) in [5.74, 6) is -0.296. The third kappa shape index (κ3) is 2.81. The lowest BCUT2D eigenvalue weighted by Gasteiger charge is -1.79. The van der Waals surface area contributed by atoms with Gasteiger partial charge in [-0.2, -0.15) is 0 Å². The number of rotatable bonds is 0. The molecule has 0 aromatic carbocycles. The molecule has 9 heavy (non-hydrogen) atoms. The van der Waals surface area contributed by atoms with E-state index >= 15 is 0 Å². The second-order valence-corrected chi connectivity index (χ2v) is 1.47. The number of imide groups is 1. The maximum atomic E-state index is 10.1. The van der Waals surface area contributed by atoms with Crippen LogP contribution in [0.1, 0.15) is 12.8 Å². The summed E-state index contributed by atoms with van der Waals surface area (Å²) in [5, 5.41) is 9.14. The summed E-state index contributed by atoms with van der Waals surface area (Å²) in [6.07, 6.45) is 0.748. The Morgan fingerprint density at radius 3 is 1.67 bits per heavy atom. The first kappa shape index (κ1) is 8.10. The smallest absolute Gasteiger partial charge is 0.227 e. The second-order valence-electron chi connectivity index (χ2n) is 1.47. The highest BCUT2D eigenvalue weighted by atomic mass is 16.2. The van der Waals surface area contributed by atoms with Gasteiger partial charge in [0.2, 0.25) is 11.8 Å². The van der Waals surface area contributed by atoms with Gasteiger partial charge in [0.15, 0.2) is 0 Å². The largest absolute Gasteiger partial charge is 0.400 e. The Morgan fingerprint density at radius 2 is 1.56 bits per heavy atom. The monoisotopic (exact) mass is 131 g/mol. The highest BCUT2D eigenvalue weighted by Gasteiger charge is 2.15. The highest BCUT2D eigenvalue weighted by molar-refractivity contribution is 6.01. The lowest BCUT2D eigenvalue weighted by Crippen LogP contribution is -2.18. The van der Waals surface area contributed by atoms with Crippen molar-refractivity contribution in [3.8, 4) is 0 Å². The van der Waals surface area contributed by atoms with Crippen molar-refractivity contribution in [2.45, 2.75) is 12.8 Å². The predicted molar refractivity (Wildman–Crippen MR) is 30.5 cm³/mol. The topological polar surface area (TPSA) is 66.4 Å². The number of hydrogen-bond donors (Lipinski definition) is 2. The van der Waals surface area contributed by atoms with E-state index in [1.165, 1.54) is 0 Å². The third-order valence-electron chi connectivity index (χ3n) is 0.858. The van der Waals surface area contributed by atoms with Crippen LogP contribution in [-0.4, -0.2) is 24.0 Å². The summed E-state index contributed by atoms with van der Waals surface area (Å²) in [6.45, 7) is 0. The van der Waals surface area contributed by atoms with Gasteiger partial charge in [-0.3, -0.25) is 14.9 Å². The lowest BCUT2D eigenvalue weighted by atomic mass is 10.4. The molecule has 1 heterocycles. The molecule has 0 saturated carbocycles. The van der Waals surface area contributed by atoms with Crippen molar-refractivity contribution in [2.75, 3.05) is 7.11 Å². The van der Waals surface area contributed by atoms with Gasteiger partial charge < -0.3 is 5.11 Å². The Kier molecular flexibility index (Phi) is 3.62. The predicted octanol–water partition coefficient (Wildman–Crippen LogP) is -0.969. The summed E-state index contributed by atoms with van der Waals surface area (Å²) in [7, 11) is 1.00. The van der Waals surface area contributed by atoms with Gasteiger partial charge >= 0.3 is 0 Å². The average molecular weight is 131 g/mol. The molecule has 4 nitrogen and oxygen atoms in total. The molecule has 1 rings (SSSR count). The molecule has 2 N–H and O–H groups in total. The molecule has 1 saturated heterocycles. The minimum atomic E-state index is -0.148. The summed E-state index contributed by atoms with van der Waals surface area (Å²) in [6, 6.07) is 0. The van der Waals surface area contributed by atoms with E-state index in [2.05, 4.69) is 5.32 Å². The van der Waals surface area contributed by atoms with E-state index in [9.17, 15) is 9.59 Å². The second kappa shape index (κ2) is 4.03. The number of carbonyl (C=O) groups is 2. The fraction of sp³-hybridized carbons (Fsp3) is 0.600. The number of nitrogens with one attached hydrogen (secondary N) is 1. The molecule has 0 spiro atoms. The fourth-order valence-electron chi connectivity index (χ4n) is 0.508. The molecule has 0 bridgehead atoms. The minimum absolute atomic E-state index is 0.148. The molecule has 1 aliphatic heterocycles. The molecule has 0 aromatic heterocycles. The van der Waals surface area contributed by atoms with Crippen molar-refractivity contribution >= 4 is 11.8 Å². The summed E-state index contributed by atoms with van der Waals surface area (Å²) in [5.41, 5.74) is 0. The number of carbonyl (C=O) groups excluding carboxylic acids is 2. The number of hydrogen-bond acceptors (Lipinski definition) is 3. The molecule has 0 aromatic rings. The van der Waals surface area contributed by atoms with E-state index in [1.54, 1.807) is 0 Å². The zero-order chi connectivity index (χ0) is 7.28. The number of aliphatic hydroxyl groups is 1. The highest BCUT2D eigenvalue weighted by Crippen LogP contribution is 1.95. The maximum absolute atomic E-state index is 10.1.